The summed E-state index contributed by atoms with van der Waals surface area (Å²) in [6, 6.07) is 7.22. The largest absolute Gasteiger partial charge is 0.497 e. The van der Waals surface area contributed by atoms with Gasteiger partial charge in [-0.25, -0.2) is 0 Å². The number of rotatable bonds is 4. The van der Waals surface area contributed by atoms with E-state index in [4.69, 9.17) is 4.74 Å². The standard InChI is InChI=1S/C10H13BO2/c1-11-7-10(12)8-3-5-9(13-2)6-4-8/h3-6,11H,7H2,1-2H3. The topological polar surface area (TPSA) is 26.3 Å². The Morgan fingerprint density at radius 1 is 1.38 bits per heavy atom. The lowest BCUT2D eigenvalue weighted by Crippen LogP contribution is -2.00. The van der Waals surface area contributed by atoms with Gasteiger partial charge >= 0.3 is 0 Å². The Bertz CT molecular complexity index is 279. The molecule has 13 heavy (non-hydrogen) atoms. The summed E-state index contributed by atoms with van der Waals surface area (Å²) in [5.74, 6) is 0.984. The Balaban J connectivity index is 2.74. The summed E-state index contributed by atoms with van der Waals surface area (Å²) in [5.41, 5.74) is 0.766. The molecule has 0 radical (unpaired) electrons. The van der Waals surface area contributed by atoms with Crippen LogP contribution in [0, 0.1) is 0 Å². The van der Waals surface area contributed by atoms with Gasteiger partial charge in [0.2, 0.25) is 0 Å². The molecule has 1 rings (SSSR count). The zero-order valence-electron chi connectivity index (χ0n) is 8.04. The van der Waals surface area contributed by atoms with Gasteiger partial charge in [0.15, 0.2) is 5.78 Å². The summed E-state index contributed by atoms with van der Waals surface area (Å²) in [6.07, 6.45) is 0.617. The number of ketones is 1. The molecule has 68 valence electrons. The number of hydrogen-bond acceptors (Lipinski definition) is 2. The van der Waals surface area contributed by atoms with Crippen LogP contribution in [0.25, 0.3) is 0 Å². The minimum absolute atomic E-state index is 0.199. The van der Waals surface area contributed by atoms with E-state index in [1.165, 1.54) is 0 Å². The molecule has 0 aliphatic heterocycles. The second-order valence-corrected chi connectivity index (χ2v) is 2.90. The van der Waals surface area contributed by atoms with Gasteiger partial charge in [-0.05, 0) is 30.6 Å². The molecule has 1 aromatic carbocycles. The zero-order valence-corrected chi connectivity index (χ0v) is 8.04. The summed E-state index contributed by atoms with van der Waals surface area (Å²) in [6.45, 7) is 2.00. The van der Waals surface area contributed by atoms with Crippen LogP contribution in [0.5, 0.6) is 5.75 Å². The van der Waals surface area contributed by atoms with Gasteiger partial charge in [-0.15, -0.1) is 0 Å². The highest BCUT2D eigenvalue weighted by atomic mass is 16.5. The molecular formula is C10H13BO2. The molecule has 0 heterocycles. The van der Waals surface area contributed by atoms with E-state index in [0.717, 1.165) is 18.6 Å². The lowest BCUT2D eigenvalue weighted by Gasteiger charge is -2.01. The Morgan fingerprint density at radius 2 is 2.00 bits per heavy atom. The molecule has 0 unspecified atom stereocenters. The molecule has 0 saturated carbocycles. The van der Waals surface area contributed by atoms with Crippen LogP contribution in [0.4, 0.5) is 0 Å². The van der Waals surface area contributed by atoms with E-state index in [1.54, 1.807) is 19.2 Å². The molecular weight excluding hydrogens is 163 g/mol. The molecule has 0 saturated heterocycles. The van der Waals surface area contributed by atoms with E-state index in [9.17, 15) is 4.79 Å². The van der Waals surface area contributed by atoms with Crippen molar-refractivity contribution in [3.63, 3.8) is 0 Å². The van der Waals surface area contributed by atoms with Crippen LogP contribution in [0.3, 0.4) is 0 Å². The van der Waals surface area contributed by atoms with E-state index >= 15 is 0 Å². The Morgan fingerprint density at radius 3 is 2.46 bits per heavy atom. The molecule has 0 amide bonds. The maximum Gasteiger partial charge on any atom is 0.155 e. The van der Waals surface area contributed by atoms with E-state index < -0.39 is 0 Å². The van der Waals surface area contributed by atoms with Gasteiger partial charge in [-0.3, -0.25) is 4.79 Å². The van der Waals surface area contributed by atoms with Crippen molar-refractivity contribution in [2.75, 3.05) is 7.11 Å². The summed E-state index contributed by atoms with van der Waals surface area (Å²) in [7, 11) is 2.51. The normalized spacial score (nSPS) is 9.38. The monoisotopic (exact) mass is 176 g/mol. The van der Waals surface area contributed by atoms with Gasteiger partial charge < -0.3 is 4.74 Å². The number of carbonyl (C=O) groups excluding carboxylic acids is 1. The second kappa shape index (κ2) is 4.70. The minimum atomic E-state index is 0.199. The second-order valence-electron chi connectivity index (χ2n) is 2.90. The molecule has 0 fully saturated rings. The highest BCUT2D eigenvalue weighted by molar-refractivity contribution is 6.41. The van der Waals surface area contributed by atoms with Crippen LogP contribution in [0.2, 0.25) is 13.1 Å². The molecule has 0 bridgehead atoms. The fourth-order valence-electron chi connectivity index (χ4n) is 1.15. The lowest BCUT2D eigenvalue weighted by atomic mass is 9.75. The average Bonchev–Trinajstić information content (AvgIpc) is 2.18. The van der Waals surface area contributed by atoms with Crippen molar-refractivity contribution in [3.8, 4) is 5.75 Å². The number of ether oxygens (including phenoxy) is 1. The van der Waals surface area contributed by atoms with E-state index in [2.05, 4.69) is 0 Å². The van der Waals surface area contributed by atoms with Gasteiger partial charge in [0.25, 0.3) is 0 Å². The first-order valence-electron chi connectivity index (χ1n) is 4.45. The van der Waals surface area contributed by atoms with Crippen LogP contribution in [-0.4, -0.2) is 20.2 Å². The zero-order chi connectivity index (χ0) is 9.68. The fraction of sp³-hybridized carbons (Fsp3) is 0.300. The third-order valence-electron chi connectivity index (χ3n) is 1.89. The Kier molecular flexibility index (Phi) is 3.56. The van der Waals surface area contributed by atoms with Crippen molar-refractivity contribution in [2.24, 2.45) is 0 Å². The molecule has 0 aliphatic rings. The van der Waals surface area contributed by atoms with Crippen molar-refractivity contribution in [1.29, 1.82) is 0 Å². The lowest BCUT2D eigenvalue weighted by molar-refractivity contribution is 0.101. The first-order valence-corrected chi connectivity index (χ1v) is 4.45. The van der Waals surface area contributed by atoms with Gasteiger partial charge in [0.1, 0.15) is 13.0 Å². The summed E-state index contributed by atoms with van der Waals surface area (Å²) in [4.78, 5) is 11.4. The predicted molar refractivity (Wildman–Crippen MR) is 55.1 cm³/mol. The van der Waals surface area contributed by atoms with Gasteiger partial charge in [0.05, 0.1) is 7.11 Å². The number of methoxy groups -OCH3 is 1. The molecule has 3 heteroatoms. The number of carbonyl (C=O) groups is 1. The molecule has 0 aliphatic carbocycles. The maximum absolute atomic E-state index is 11.4. The molecule has 2 nitrogen and oxygen atoms in total. The summed E-state index contributed by atoms with van der Waals surface area (Å²) >= 11 is 0. The average molecular weight is 176 g/mol. The van der Waals surface area contributed by atoms with Crippen molar-refractivity contribution in [1.82, 2.24) is 0 Å². The van der Waals surface area contributed by atoms with Crippen molar-refractivity contribution >= 4 is 13.1 Å². The van der Waals surface area contributed by atoms with Crippen LogP contribution < -0.4 is 4.74 Å². The van der Waals surface area contributed by atoms with Crippen molar-refractivity contribution in [2.45, 2.75) is 13.1 Å². The smallest absolute Gasteiger partial charge is 0.155 e. The first-order chi connectivity index (χ1) is 6.27. The number of hydrogen-bond donors (Lipinski definition) is 0. The van der Waals surface area contributed by atoms with E-state index in [0.29, 0.717) is 6.32 Å². The van der Waals surface area contributed by atoms with E-state index in [1.807, 2.05) is 19.0 Å². The third-order valence-corrected chi connectivity index (χ3v) is 1.89. The van der Waals surface area contributed by atoms with Crippen LogP contribution >= 0.6 is 0 Å². The highest BCUT2D eigenvalue weighted by Gasteiger charge is 2.03. The molecule has 0 N–H and O–H groups in total. The first kappa shape index (κ1) is 9.84. The van der Waals surface area contributed by atoms with Crippen molar-refractivity contribution < 1.29 is 9.53 Å². The van der Waals surface area contributed by atoms with Gasteiger partial charge in [0, 0.05) is 5.56 Å². The Labute approximate surface area is 79.2 Å². The molecule has 1 aromatic rings. The van der Waals surface area contributed by atoms with Crippen LogP contribution in [-0.2, 0) is 0 Å². The van der Waals surface area contributed by atoms with E-state index in [-0.39, 0.29) is 5.78 Å². The number of benzene rings is 1. The summed E-state index contributed by atoms with van der Waals surface area (Å²) in [5, 5.41) is 0. The van der Waals surface area contributed by atoms with Crippen LogP contribution in [0.1, 0.15) is 10.4 Å². The minimum Gasteiger partial charge on any atom is -0.497 e. The maximum atomic E-state index is 11.4. The van der Waals surface area contributed by atoms with Gasteiger partial charge in [-0.1, -0.05) is 6.82 Å². The number of Topliss-reactive ketones (excluding diaryl/α,β-unsaturated/α-hetero) is 1. The molecule has 0 spiro atoms. The SMILES string of the molecule is CBCC(=O)c1ccc(OC)cc1. The van der Waals surface area contributed by atoms with Crippen molar-refractivity contribution in [3.05, 3.63) is 29.8 Å². The fourth-order valence-corrected chi connectivity index (χ4v) is 1.15. The Hall–Kier alpha value is -1.25. The quantitative estimate of drug-likeness (QED) is 0.516. The third kappa shape index (κ3) is 2.62. The molecule has 0 atom stereocenters. The highest BCUT2D eigenvalue weighted by Crippen LogP contribution is 2.12. The predicted octanol–water partition coefficient (Wildman–Crippen LogP) is 1.78. The molecule has 0 aromatic heterocycles. The summed E-state index contributed by atoms with van der Waals surface area (Å²) < 4.78 is 5.00. The van der Waals surface area contributed by atoms with Gasteiger partial charge in [-0.2, -0.15) is 0 Å². The van der Waals surface area contributed by atoms with Crippen LogP contribution in [0.15, 0.2) is 24.3 Å².